The SMILES string of the molecule is CCOc1cc(-c2nc(SC)[nH]c2-c2ccc(F)cc2)ccn1. The minimum Gasteiger partial charge on any atom is -0.478 e. The molecule has 2 aromatic heterocycles. The first kappa shape index (κ1) is 15.6. The number of nitrogens with zero attached hydrogens (tertiary/aromatic N) is 2. The Bertz CT molecular complexity index is 802. The van der Waals surface area contributed by atoms with E-state index in [4.69, 9.17) is 4.74 Å². The van der Waals surface area contributed by atoms with Crippen LogP contribution in [0.15, 0.2) is 47.8 Å². The smallest absolute Gasteiger partial charge is 0.213 e. The van der Waals surface area contributed by atoms with Crippen molar-refractivity contribution in [2.45, 2.75) is 12.1 Å². The molecule has 2 heterocycles. The van der Waals surface area contributed by atoms with Gasteiger partial charge in [-0.1, -0.05) is 11.8 Å². The maximum Gasteiger partial charge on any atom is 0.213 e. The summed E-state index contributed by atoms with van der Waals surface area (Å²) in [6, 6.07) is 10.1. The van der Waals surface area contributed by atoms with Crippen LogP contribution >= 0.6 is 11.8 Å². The molecule has 0 aliphatic heterocycles. The van der Waals surface area contributed by atoms with E-state index in [2.05, 4.69) is 15.0 Å². The molecular formula is C17H16FN3OS. The first-order valence-electron chi connectivity index (χ1n) is 7.20. The Morgan fingerprint density at radius 3 is 2.65 bits per heavy atom. The van der Waals surface area contributed by atoms with Crippen LogP contribution in [0.3, 0.4) is 0 Å². The number of nitrogens with one attached hydrogen (secondary N) is 1. The van der Waals surface area contributed by atoms with Gasteiger partial charge in [0.15, 0.2) is 5.16 Å². The van der Waals surface area contributed by atoms with Crippen LogP contribution < -0.4 is 4.74 Å². The highest BCUT2D eigenvalue weighted by Gasteiger charge is 2.15. The molecule has 0 saturated heterocycles. The molecule has 3 rings (SSSR count). The van der Waals surface area contributed by atoms with E-state index in [-0.39, 0.29) is 5.82 Å². The van der Waals surface area contributed by atoms with Crippen LogP contribution in [0.1, 0.15) is 6.92 Å². The second-order valence-electron chi connectivity index (χ2n) is 4.79. The number of aromatic nitrogens is 3. The van der Waals surface area contributed by atoms with Crippen LogP contribution in [0.25, 0.3) is 22.5 Å². The first-order valence-corrected chi connectivity index (χ1v) is 8.43. The van der Waals surface area contributed by atoms with Crippen LogP contribution in [0.5, 0.6) is 5.88 Å². The van der Waals surface area contributed by atoms with E-state index >= 15 is 0 Å². The van der Waals surface area contributed by atoms with Crippen molar-refractivity contribution in [2.24, 2.45) is 0 Å². The molecule has 0 unspecified atom stereocenters. The lowest BCUT2D eigenvalue weighted by Gasteiger charge is -2.06. The normalized spacial score (nSPS) is 10.7. The van der Waals surface area contributed by atoms with Crippen molar-refractivity contribution < 1.29 is 9.13 Å². The number of imidazole rings is 1. The van der Waals surface area contributed by atoms with Gasteiger partial charge in [-0.05, 0) is 43.5 Å². The van der Waals surface area contributed by atoms with Gasteiger partial charge in [0.1, 0.15) is 5.82 Å². The van der Waals surface area contributed by atoms with Gasteiger partial charge in [-0.15, -0.1) is 0 Å². The predicted molar refractivity (Wildman–Crippen MR) is 90.2 cm³/mol. The average molecular weight is 329 g/mol. The summed E-state index contributed by atoms with van der Waals surface area (Å²) in [7, 11) is 0. The van der Waals surface area contributed by atoms with Gasteiger partial charge >= 0.3 is 0 Å². The molecule has 0 bridgehead atoms. The fraction of sp³-hybridized carbons (Fsp3) is 0.176. The lowest BCUT2D eigenvalue weighted by molar-refractivity contribution is 0.327. The van der Waals surface area contributed by atoms with Gasteiger partial charge in [0, 0.05) is 23.4 Å². The van der Waals surface area contributed by atoms with Crippen LogP contribution in [0.4, 0.5) is 4.39 Å². The van der Waals surface area contributed by atoms with Gasteiger partial charge < -0.3 is 9.72 Å². The molecule has 0 amide bonds. The fourth-order valence-corrected chi connectivity index (χ4v) is 2.65. The molecule has 4 nitrogen and oxygen atoms in total. The average Bonchev–Trinajstić information content (AvgIpc) is 3.00. The summed E-state index contributed by atoms with van der Waals surface area (Å²) in [4.78, 5) is 12.1. The molecule has 0 saturated carbocycles. The van der Waals surface area contributed by atoms with Gasteiger partial charge in [-0.25, -0.2) is 14.4 Å². The highest BCUT2D eigenvalue weighted by Crippen LogP contribution is 2.33. The molecule has 1 aromatic carbocycles. The molecule has 0 spiro atoms. The second-order valence-corrected chi connectivity index (χ2v) is 5.59. The Hall–Kier alpha value is -2.34. The molecular weight excluding hydrogens is 313 g/mol. The minimum atomic E-state index is -0.262. The van der Waals surface area contributed by atoms with Crippen molar-refractivity contribution >= 4 is 11.8 Å². The number of H-pyrrole nitrogens is 1. The number of hydrogen-bond acceptors (Lipinski definition) is 4. The van der Waals surface area contributed by atoms with Crippen LogP contribution in [0, 0.1) is 5.82 Å². The monoisotopic (exact) mass is 329 g/mol. The number of thioether (sulfide) groups is 1. The van der Waals surface area contributed by atoms with Gasteiger partial charge in [-0.2, -0.15) is 0 Å². The number of pyridine rings is 1. The molecule has 0 fully saturated rings. The van der Waals surface area contributed by atoms with Gasteiger partial charge in [0.2, 0.25) is 5.88 Å². The van der Waals surface area contributed by atoms with Crippen LogP contribution in [-0.4, -0.2) is 27.8 Å². The third-order valence-corrected chi connectivity index (χ3v) is 3.89. The van der Waals surface area contributed by atoms with Crippen LogP contribution in [-0.2, 0) is 0 Å². The lowest BCUT2D eigenvalue weighted by atomic mass is 10.1. The van der Waals surface area contributed by atoms with Crippen molar-refractivity contribution in [3.05, 3.63) is 48.4 Å². The largest absolute Gasteiger partial charge is 0.478 e. The zero-order valence-electron chi connectivity index (χ0n) is 12.8. The van der Waals surface area contributed by atoms with E-state index in [0.29, 0.717) is 12.5 Å². The predicted octanol–water partition coefficient (Wildman–Crippen LogP) is 4.40. The molecule has 0 aliphatic carbocycles. The summed E-state index contributed by atoms with van der Waals surface area (Å²) in [5, 5.41) is 0.800. The van der Waals surface area contributed by atoms with E-state index < -0.39 is 0 Å². The van der Waals surface area contributed by atoms with E-state index in [1.807, 2.05) is 25.3 Å². The molecule has 1 N–H and O–H groups in total. The summed E-state index contributed by atoms with van der Waals surface area (Å²) >= 11 is 1.52. The molecule has 23 heavy (non-hydrogen) atoms. The zero-order chi connectivity index (χ0) is 16.2. The topological polar surface area (TPSA) is 50.8 Å². The van der Waals surface area contributed by atoms with Gasteiger partial charge in [-0.3, -0.25) is 0 Å². The van der Waals surface area contributed by atoms with E-state index in [9.17, 15) is 4.39 Å². The number of benzene rings is 1. The Balaban J connectivity index is 2.09. The number of ether oxygens (including phenoxy) is 1. The summed E-state index contributed by atoms with van der Waals surface area (Å²) in [5.41, 5.74) is 3.43. The minimum absolute atomic E-state index is 0.262. The lowest BCUT2D eigenvalue weighted by Crippen LogP contribution is -1.94. The highest BCUT2D eigenvalue weighted by atomic mass is 32.2. The first-order chi connectivity index (χ1) is 11.2. The Morgan fingerprint density at radius 2 is 1.96 bits per heavy atom. The molecule has 0 aliphatic rings. The zero-order valence-corrected chi connectivity index (χ0v) is 13.7. The molecule has 118 valence electrons. The van der Waals surface area contributed by atoms with E-state index in [0.717, 1.165) is 27.7 Å². The van der Waals surface area contributed by atoms with Crippen molar-refractivity contribution in [3.63, 3.8) is 0 Å². The Morgan fingerprint density at radius 1 is 1.17 bits per heavy atom. The maximum atomic E-state index is 13.2. The van der Waals surface area contributed by atoms with Crippen molar-refractivity contribution in [2.75, 3.05) is 12.9 Å². The number of hydrogen-bond donors (Lipinski definition) is 1. The number of rotatable bonds is 5. The van der Waals surface area contributed by atoms with Crippen molar-refractivity contribution in [1.82, 2.24) is 15.0 Å². The Labute approximate surface area is 138 Å². The fourth-order valence-electron chi connectivity index (χ4n) is 2.27. The van der Waals surface area contributed by atoms with E-state index in [1.165, 1.54) is 23.9 Å². The summed E-state index contributed by atoms with van der Waals surface area (Å²) in [6.45, 7) is 2.47. The van der Waals surface area contributed by atoms with E-state index in [1.54, 1.807) is 18.3 Å². The van der Waals surface area contributed by atoms with Crippen LogP contribution in [0.2, 0.25) is 0 Å². The summed E-state index contributed by atoms with van der Waals surface area (Å²) < 4.78 is 18.6. The molecule has 3 aromatic rings. The standard InChI is InChI=1S/C17H16FN3OS/c1-3-22-14-10-12(8-9-19-14)16-15(20-17(21-16)23-2)11-4-6-13(18)7-5-11/h4-10H,3H2,1-2H3,(H,20,21). The molecule has 0 atom stereocenters. The second kappa shape index (κ2) is 6.83. The highest BCUT2D eigenvalue weighted by molar-refractivity contribution is 7.98. The van der Waals surface area contributed by atoms with Crippen molar-refractivity contribution in [3.8, 4) is 28.4 Å². The maximum absolute atomic E-state index is 13.2. The van der Waals surface area contributed by atoms with Gasteiger partial charge in [0.05, 0.1) is 18.0 Å². The Kier molecular flexibility index (Phi) is 4.62. The molecule has 6 heteroatoms. The molecule has 0 radical (unpaired) electrons. The number of aromatic amines is 1. The number of halogens is 1. The third-order valence-electron chi connectivity index (χ3n) is 3.31. The summed E-state index contributed by atoms with van der Waals surface area (Å²) in [5.74, 6) is 0.297. The quantitative estimate of drug-likeness (QED) is 0.705. The summed E-state index contributed by atoms with van der Waals surface area (Å²) in [6.07, 6.45) is 3.65. The third kappa shape index (κ3) is 3.37. The van der Waals surface area contributed by atoms with Gasteiger partial charge in [0.25, 0.3) is 0 Å². The van der Waals surface area contributed by atoms with Crippen molar-refractivity contribution in [1.29, 1.82) is 0 Å².